The van der Waals surface area contributed by atoms with E-state index in [1.807, 2.05) is 44.2 Å². The summed E-state index contributed by atoms with van der Waals surface area (Å²) in [7, 11) is 0. The van der Waals surface area contributed by atoms with Crippen LogP contribution in [0.1, 0.15) is 54.8 Å². The van der Waals surface area contributed by atoms with Crippen LogP contribution in [0, 0.1) is 6.92 Å². The normalized spacial score (nSPS) is 16.7. The molecular weight excluding hydrogens is 388 g/mol. The molecule has 1 aliphatic heterocycles. The van der Waals surface area contributed by atoms with Crippen molar-refractivity contribution in [1.29, 1.82) is 0 Å². The van der Waals surface area contributed by atoms with E-state index in [1.165, 1.54) is 12.8 Å². The average molecular weight is 417 g/mol. The molecule has 1 fully saturated rings. The van der Waals surface area contributed by atoms with Crippen LogP contribution in [-0.2, 0) is 4.74 Å². The molecule has 150 valence electrons. The molecule has 6 heteroatoms. The van der Waals surface area contributed by atoms with Gasteiger partial charge in [-0.2, -0.15) is 0 Å². The van der Waals surface area contributed by atoms with Crippen LogP contribution in [0.15, 0.2) is 30.3 Å². The van der Waals surface area contributed by atoms with Gasteiger partial charge in [-0.05, 0) is 57.3 Å². The molecule has 4 nitrogen and oxygen atoms in total. The lowest BCUT2D eigenvalue weighted by molar-refractivity contribution is 0.0529. The number of esters is 1. The Morgan fingerprint density at radius 2 is 2.04 bits per heavy atom. The molecule has 1 aliphatic rings. The van der Waals surface area contributed by atoms with E-state index < -0.39 is 0 Å². The third-order valence-corrected chi connectivity index (χ3v) is 6.56. The number of carbonyl (C=O) groups is 1. The maximum Gasteiger partial charge on any atom is 0.341 e. The van der Waals surface area contributed by atoms with Crippen LogP contribution >= 0.6 is 23.6 Å². The van der Waals surface area contributed by atoms with Gasteiger partial charge in [0, 0.05) is 23.0 Å². The summed E-state index contributed by atoms with van der Waals surface area (Å²) >= 11 is 7.31. The van der Waals surface area contributed by atoms with E-state index in [1.54, 1.807) is 11.3 Å². The zero-order chi connectivity index (χ0) is 20.1. The van der Waals surface area contributed by atoms with Crippen LogP contribution in [0.4, 0.5) is 5.00 Å². The molecule has 1 N–H and O–H groups in total. The average Bonchev–Trinajstić information content (AvgIpc) is 3.04. The molecule has 2 aromatic rings. The number of ether oxygens (including phenoxy) is 1. The van der Waals surface area contributed by atoms with Gasteiger partial charge in [-0.1, -0.05) is 37.3 Å². The third-order valence-electron chi connectivity index (χ3n) is 5.21. The number of nitrogens with zero attached hydrogens (tertiary/aromatic N) is 1. The molecule has 1 aromatic carbocycles. The maximum absolute atomic E-state index is 12.8. The van der Waals surface area contributed by atoms with E-state index in [4.69, 9.17) is 17.0 Å². The van der Waals surface area contributed by atoms with Gasteiger partial charge in [0.25, 0.3) is 0 Å². The lowest BCUT2D eigenvalue weighted by Gasteiger charge is -2.37. The summed E-state index contributed by atoms with van der Waals surface area (Å²) in [5.41, 5.74) is 2.53. The van der Waals surface area contributed by atoms with E-state index in [9.17, 15) is 4.79 Å². The summed E-state index contributed by atoms with van der Waals surface area (Å²) in [6, 6.07) is 10.5. The Morgan fingerprint density at radius 3 is 2.71 bits per heavy atom. The highest BCUT2D eigenvalue weighted by Crippen LogP contribution is 2.40. The minimum absolute atomic E-state index is 0.304. The van der Waals surface area contributed by atoms with Gasteiger partial charge in [0.15, 0.2) is 5.11 Å². The summed E-state index contributed by atoms with van der Waals surface area (Å²) < 4.78 is 5.38. The van der Waals surface area contributed by atoms with E-state index in [0.717, 1.165) is 40.4 Å². The van der Waals surface area contributed by atoms with Crippen LogP contribution in [-0.4, -0.2) is 35.2 Å². The molecule has 2 heterocycles. The van der Waals surface area contributed by atoms with E-state index in [2.05, 4.69) is 17.1 Å². The summed E-state index contributed by atoms with van der Waals surface area (Å²) in [5.74, 6) is -0.304. The second kappa shape index (κ2) is 9.52. The Morgan fingerprint density at radius 1 is 1.29 bits per heavy atom. The van der Waals surface area contributed by atoms with Crippen LogP contribution in [0.25, 0.3) is 11.1 Å². The lowest BCUT2D eigenvalue weighted by Crippen LogP contribution is -2.45. The number of nitrogens with one attached hydrogen (secondary N) is 1. The minimum Gasteiger partial charge on any atom is -0.462 e. The second-order valence-electron chi connectivity index (χ2n) is 7.01. The first-order valence-electron chi connectivity index (χ1n) is 10.00. The number of carbonyl (C=O) groups excluding carboxylic acids is 1. The molecule has 0 radical (unpaired) electrons. The summed E-state index contributed by atoms with van der Waals surface area (Å²) in [5, 5.41) is 4.87. The highest BCUT2D eigenvalue weighted by Gasteiger charge is 2.28. The van der Waals surface area contributed by atoms with Gasteiger partial charge < -0.3 is 15.0 Å². The van der Waals surface area contributed by atoms with Crippen molar-refractivity contribution in [2.45, 2.75) is 52.5 Å². The van der Waals surface area contributed by atoms with Gasteiger partial charge in [-0.3, -0.25) is 0 Å². The maximum atomic E-state index is 12.8. The first kappa shape index (κ1) is 20.8. The zero-order valence-corrected chi connectivity index (χ0v) is 18.4. The minimum atomic E-state index is -0.304. The molecule has 0 spiro atoms. The van der Waals surface area contributed by atoms with Crippen LogP contribution < -0.4 is 5.32 Å². The smallest absolute Gasteiger partial charge is 0.341 e. The zero-order valence-electron chi connectivity index (χ0n) is 16.8. The number of hydrogen-bond acceptors (Lipinski definition) is 4. The second-order valence-corrected chi connectivity index (χ2v) is 8.62. The summed E-state index contributed by atoms with van der Waals surface area (Å²) in [6.45, 7) is 7.39. The number of benzene rings is 1. The number of anilines is 1. The number of rotatable bonds is 5. The lowest BCUT2D eigenvalue weighted by atomic mass is 10.0. The van der Waals surface area contributed by atoms with Crippen molar-refractivity contribution < 1.29 is 9.53 Å². The van der Waals surface area contributed by atoms with Gasteiger partial charge in [-0.15, -0.1) is 11.3 Å². The molecular formula is C22H28N2O2S2. The number of hydrogen-bond donors (Lipinski definition) is 1. The topological polar surface area (TPSA) is 41.6 Å². The number of aryl methyl sites for hydroxylation is 1. The number of piperidine rings is 1. The SMILES string of the molecule is CCOC(=O)c1c(NC(=S)N2CCCCC2CC)sc(C)c1-c1ccccc1. The van der Waals surface area contributed by atoms with Crippen molar-refractivity contribution in [1.82, 2.24) is 4.90 Å². The van der Waals surface area contributed by atoms with Crippen molar-refractivity contribution in [3.05, 3.63) is 40.8 Å². The van der Waals surface area contributed by atoms with Gasteiger partial charge in [0.1, 0.15) is 10.6 Å². The van der Waals surface area contributed by atoms with Crippen molar-refractivity contribution in [3.63, 3.8) is 0 Å². The summed E-state index contributed by atoms with van der Waals surface area (Å²) in [4.78, 5) is 16.2. The van der Waals surface area contributed by atoms with Gasteiger partial charge in [0.05, 0.1) is 6.61 Å². The molecule has 1 unspecified atom stereocenters. The standard InChI is InChI=1S/C22H28N2O2S2/c1-4-17-13-9-10-14-24(17)22(27)23-20-19(21(25)26-5-2)18(15(3)28-20)16-11-7-6-8-12-16/h6-8,11-12,17H,4-5,9-10,13-14H2,1-3H3,(H,23,27). The molecule has 3 rings (SSSR count). The monoisotopic (exact) mass is 416 g/mol. The van der Waals surface area contributed by atoms with Crippen LogP contribution in [0.5, 0.6) is 0 Å². The van der Waals surface area contributed by atoms with Crippen LogP contribution in [0.2, 0.25) is 0 Å². The summed E-state index contributed by atoms with van der Waals surface area (Å²) in [6.07, 6.45) is 4.65. The van der Waals surface area contributed by atoms with Crippen LogP contribution in [0.3, 0.4) is 0 Å². The molecule has 0 amide bonds. The molecule has 1 atom stereocenters. The molecule has 0 aliphatic carbocycles. The fourth-order valence-corrected chi connectivity index (χ4v) is 5.31. The fraction of sp³-hybridized carbons (Fsp3) is 0.455. The van der Waals surface area contributed by atoms with Gasteiger partial charge >= 0.3 is 5.97 Å². The van der Waals surface area contributed by atoms with Gasteiger partial charge in [0.2, 0.25) is 0 Å². The fourth-order valence-electron chi connectivity index (χ4n) is 3.84. The molecule has 1 aromatic heterocycles. The Bertz CT molecular complexity index is 833. The van der Waals surface area contributed by atoms with Crippen molar-refractivity contribution in [2.75, 3.05) is 18.5 Å². The highest BCUT2D eigenvalue weighted by molar-refractivity contribution is 7.80. The largest absolute Gasteiger partial charge is 0.462 e. The Hall–Kier alpha value is -1.92. The van der Waals surface area contributed by atoms with Crippen molar-refractivity contribution in [2.24, 2.45) is 0 Å². The first-order valence-corrected chi connectivity index (χ1v) is 11.2. The van der Waals surface area contributed by atoms with E-state index >= 15 is 0 Å². The highest BCUT2D eigenvalue weighted by atomic mass is 32.1. The number of thiocarbonyl (C=S) groups is 1. The predicted molar refractivity (Wildman–Crippen MR) is 121 cm³/mol. The molecule has 0 bridgehead atoms. The first-order chi connectivity index (χ1) is 13.6. The van der Waals surface area contributed by atoms with Crippen molar-refractivity contribution >= 4 is 39.6 Å². The molecule has 0 saturated carbocycles. The molecule has 28 heavy (non-hydrogen) atoms. The van der Waals surface area contributed by atoms with Crippen molar-refractivity contribution in [3.8, 4) is 11.1 Å². The van der Waals surface area contributed by atoms with Gasteiger partial charge in [-0.25, -0.2) is 4.79 Å². The Balaban J connectivity index is 1.96. The number of thiophene rings is 1. The van der Waals surface area contributed by atoms with E-state index in [-0.39, 0.29) is 5.97 Å². The third kappa shape index (κ3) is 4.39. The Kier molecular flexibility index (Phi) is 7.08. The quantitative estimate of drug-likeness (QED) is 0.488. The predicted octanol–water partition coefficient (Wildman–Crippen LogP) is 5.86. The van der Waals surface area contributed by atoms with E-state index in [0.29, 0.717) is 23.3 Å². The number of likely N-dealkylation sites (tertiary alicyclic amines) is 1. The molecule has 1 saturated heterocycles. The Labute approximate surface area is 176 Å².